The monoisotopic (exact) mass is 491 g/mol. The molecule has 0 unspecified atom stereocenters. The Morgan fingerprint density at radius 3 is 2.19 bits per heavy atom. The van der Waals surface area contributed by atoms with Crippen LogP contribution in [0.25, 0.3) is 6.08 Å². The van der Waals surface area contributed by atoms with E-state index in [0.717, 1.165) is 22.2 Å². The van der Waals surface area contributed by atoms with Crippen LogP contribution >= 0.6 is 35.0 Å². The SMILES string of the molecule is O=C(CCNC(=O)c1ccc(Cl)cc1)NCCN1C(=O)S/C(=C\c2ccc(Cl)cc2)C1=O. The van der Waals surface area contributed by atoms with E-state index in [1.54, 1.807) is 54.6 Å². The minimum atomic E-state index is -0.403. The van der Waals surface area contributed by atoms with E-state index in [1.807, 2.05) is 0 Å². The van der Waals surface area contributed by atoms with Crippen LogP contribution in [0.1, 0.15) is 22.3 Å². The van der Waals surface area contributed by atoms with E-state index in [9.17, 15) is 19.2 Å². The molecule has 4 amide bonds. The third-order valence-electron chi connectivity index (χ3n) is 4.44. The normalized spacial score (nSPS) is 14.7. The molecule has 2 aromatic carbocycles. The van der Waals surface area contributed by atoms with Crippen molar-refractivity contribution in [3.05, 3.63) is 74.6 Å². The summed E-state index contributed by atoms with van der Waals surface area (Å²) < 4.78 is 0. The van der Waals surface area contributed by atoms with Crippen LogP contribution in [0.15, 0.2) is 53.4 Å². The highest BCUT2D eigenvalue weighted by molar-refractivity contribution is 8.18. The Bertz CT molecular complexity index is 1060. The fourth-order valence-corrected chi connectivity index (χ4v) is 3.91. The summed E-state index contributed by atoms with van der Waals surface area (Å²) >= 11 is 12.5. The van der Waals surface area contributed by atoms with Crippen molar-refractivity contribution in [2.45, 2.75) is 6.42 Å². The van der Waals surface area contributed by atoms with Crippen LogP contribution in [0.4, 0.5) is 4.79 Å². The molecular formula is C22H19Cl2N3O4S. The largest absolute Gasteiger partial charge is 0.354 e. The van der Waals surface area contributed by atoms with Crippen molar-refractivity contribution in [1.82, 2.24) is 15.5 Å². The van der Waals surface area contributed by atoms with E-state index in [-0.39, 0.29) is 43.1 Å². The van der Waals surface area contributed by atoms with Crippen LogP contribution in [-0.4, -0.2) is 47.5 Å². The highest BCUT2D eigenvalue weighted by Gasteiger charge is 2.34. The maximum absolute atomic E-state index is 12.5. The van der Waals surface area contributed by atoms with Crippen molar-refractivity contribution >= 4 is 64.0 Å². The summed E-state index contributed by atoms with van der Waals surface area (Å²) in [5.74, 6) is -1.01. The lowest BCUT2D eigenvalue weighted by atomic mass is 10.2. The predicted octanol–water partition coefficient (Wildman–Crippen LogP) is 3.97. The topological polar surface area (TPSA) is 95.6 Å². The first-order valence-electron chi connectivity index (χ1n) is 9.65. The summed E-state index contributed by atoms with van der Waals surface area (Å²) in [4.78, 5) is 50.0. The summed E-state index contributed by atoms with van der Waals surface area (Å²) in [7, 11) is 0. The van der Waals surface area contributed by atoms with Crippen molar-refractivity contribution in [1.29, 1.82) is 0 Å². The number of benzene rings is 2. The number of halogens is 2. The van der Waals surface area contributed by atoms with Crippen LogP contribution in [0, 0.1) is 0 Å². The third kappa shape index (κ3) is 6.59. The molecule has 1 saturated heterocycles. The first-order chi connectivity index (χ1) is 15.3. The van der Waals surface area contributed by atoms with Gasteiger partial charge in [-0.2, -0.15) is 0 Å². The van der Waals surface area contributed by atoms with Gasteiger partial charge in [-0.1, -0.05) is 35.3 Å². The summed E-state index contributed by atoms with van der Waals surface area (Å²) in [6.07, 6.45) is 1.70. The molecule has 0 radical (unpaired) electrons. The Hall–Kier alpha value is -2.81. The Kier molecular flexibility index (Phi) is 8.33. The number of nitrogens with one attached hydrogen (secondary N) is 2. The Labute approximate surface area is 199 Å². The van der Waals surface area contributed by atoms with Gasteiger partial charge in [-0.05, 0) is 59.8 Å². The molecule has 2 aromatic rings. The molecule has 7 nitrogen and oxygen atoms in total. The molecule has 0 bridgehead atoms. The number of thioether (sulfide) groups is 1. The van der Waals surface area contributed by atoms with Gasteiger partial charge in [0, 0.05) is 41.7 Å². The first kappa shape index (κ1) is 23.8. The summed E-state index contributed by atoms with van der Waals surface area (Å²) in [5, 5.41) is 6.01. The highest BCUT2D eigenvalue weighted by Crippen LogP contribution is 2.32. The Morgan fingerprint density at radius 2 is 1.53 bits per heavy atom. The number of carbonyl (C=O) groups excluding carboxylic acids is 4. The average Bonchev–Trinajstić information content (AvgIpc) is 3.03. The molecular weight excluding hydrogens is 473 g/mol. The standard InChI is InChI=1S/C22H19Cl2N3O4S/c23-16-5-1-14(2-6-16)13-18-21(30)27(22(31)32-18)12-11-25-19(28)9-10-26-20(29)15-3-7-17(24)8-4-15/h1-8,13H,9-12H2,(H,25,28)(H,26,29)/b18-13-. The molecule has 1 aliphatic rings. The van der Waals surface area contributed by atoms with Gasteiger partial charge < -0.3 is 10.6 Å². The number of rotatable bonds is 8. The van der Waals surface area contributed by atoms with E-state index in [0.29, 0.717) is 20.5 Å². The van der Waals surface area contributed by atoms with Gasteiger partial charge in [0.1, 0.15) is 0 Å². The van der Waals surface area contributed by atoms with Crippen molar-refractivity contribution in [2.75, 3.05) is 19.6 Å². The second kappa shape index (κ2) is 11.2. The quantitative estimate of drug-likeness (QED) is 0.544. The number of hydrogen-bond donors (Lipinski definition) is 2. The molecule has 1 fully saturated rings. The van der Waals surface area contributed by atoms with Gasteiger partial charge in [0.05, 0.1) is 4.91 Å². The molecule has 3 rings (SSSR count). The van der Waals surface area contributed by atoms with Gasteiger partial charge in [-0.3, -0.25) is 24.1 Å². The zero-order chi connectivity index (χ0) is 23.1. The molecule has 2 N–H and O–H groups in total. The van der Waals surface area contributed by atoms with Crippen molar-refractivity contribution in [3.63, 3.8) is 0 Å². The number of imide groups is 1. The zero-order valence-corrected chi connectivity index (χ0v) is 19.1. The van der Waals surface area contributed by atoms with E-state index < -0.39 is 5.91 Å². The van der Waals surface area contributed by atoms with Gasteiger partial charge in [-0.15, -0.1) is 0 Å². The fourth-order valence-electron chi connectivity index (χ4n) is 2.79. The molecule has 166 valence electrons. The highest BCUT2D eigenvalue weighted by atomic mass is 35.5. The summed E-state index contributed by atoms with van der Waals surface area (Å²) in [6.45, 7) is 0.334. The maximum atomic E-state index is 12.5. The molecule has 0 atom stereocenters. The number of nitrogens with zero attached hydrogens (tertiary/aromatic N) is 1. The van der Waals surface area contributed by atoms with Gasteiger partial charge >= 0.3 is 0 Å². The third-order valence-corrected chi connectivity index (χ3v) is 5.85. The van der Waals surface area contributed by atoms with E-state index in [4.69, 9.17) is 23.2 Å². The van der Waals surface area contributed by atoms with Crippen molar-refractivity contribution in [3.8, 4) is 0 Å². The van der Waals surface area contributed by atoms with E-state index in [1.165, 1.54) is 0 Å². The lowest BCUT2D eigenvalue weighted by Gasteiger charge is -2.13. The predicted molar refractivity (Wildman–Crippen MR) is 126 cm³/mol. The molecule has 0 aromatic heterocycles. The number of hydrogen-bond acceptors (Lipinski definition) is 5. The molecule has 10 heteroatoms. The fraction of sp³-hybridized carbons (Fsp3) is 0.182. The smallest absolute Gasteiger partial charge is 0.293 e. The van der Waals surface area contributed by atoms with Crippen LogP contribution in [0.2, 0.25) is 10.0 Å². The van der Waals surface area contributed by atoms with Crippen LogP contribution in [-0.2, 0) is 9.59 Å². The molecule has 0 spiro atoms. The second-order valence-electron chi connectivity index (χ2n) is 6.75. The number of carbonyl (C=O) groups is 4. The summed E-state index contributed by atoms with van der Waals surface area (Å²) in [5.41, 5.74) is 1.20. The van der Waals surface area contributed by atoms with Crippen LogP contribution in [0.5, 0.6) is 0 Å². The van der Waals surface area contributed by atoms with E-state index in [2.05, 4.69) is 10.6 Å². The average molecular weight is 492 g/mol. The van der Waals surface area contributed by atoms with Gasteiger partial charge in [-0.25, -0.2) is 0 Å². The van der Waals surface area contributed by atoms with Crippen LogP contribution in [0.3, 0.4) is 0 Å². The zero-order valence-electron chi connectivity index (χ0n) is 16.8. The lowest BCUT2D eigenvalue weighted by molar-refractivity contribution is -0.124. The molecule has 32 heavy (non-hydrogen) atoms. The Balaban J connectivity index is 1.40. The second-order valence-corrected chi connectivity index (χ2v) is 8.61. The molecule has 0 aliphatic carbocycles. The van der Waals surface area contributed by atoms with Crippen molar-refractivity contribution in [2.24, 2.45) is 0 Å². The summed E-state index contributed by atoms with van der Waals surface area (Å²) in [6, 6.07) is 13.3. The van der Waals surface area contributed by atoms with Gasteiger partial charge in [0.2, 0.25) is 5.91 Å². The molecule has 0 saturated carbocycles. The molecule has 1 aliphatic heterocycles. The van der Waals surface area contributed by atoms with Crippen LogP contribution < -0.4 is 10.6 Å². The number of amides is 4. The molecule has 1 heterocycles. The van der Waals surface area contributed by atoms with E-state index >= 15 is 0 Å². The Morgan fingerprint density at radius 1 is 0.906 bits per heavy atom. The van der Waals surface area contributed by atoms with Gasteiger partial charge in [0.15, 0.2) is 0 Å². The first-order valence-corrected chi connectivity index (χ1v) is 11.2. The minimum Gasteiger partial charge on any atom is -0.354 e. The lowest BCUT2D eigenvalue weighted by Crippen LogP contribution is -2.38. The van der Waals surface area contributed by atoms with Crippen molar-refractivity contribution < 1.29 is 19.2 Å². The maximum Gasteiger partial charge on any atom is 0.293 e. The minimum absolute atomic E-state index is 0.0610. The van der Waals surface area contributed by atoms with Gasteiger partial charge in [0.25, 0.3) is 17.1 Å².